The van der Waals surface area contributed by atoms with Crippen LogP contribution in [-0.2, 0) is 11.2 Å². The van der Waals surface area contributed by atoms with Crippen LogP contribution in [-0.4, -0.2) is 71.2 Å². The Morgan fingerprint density at radius 1 is 1.09 bits per heavy atom. The topological polar surface area (TPSA) is 70.5 Å². The van der Waals surface area contributed by atoms with Gasteiger partial charge in [0.1, 0.15) is 0 Å². The molecule has 4 rings (SSSR count). The minimum atomic E-state index is -0.263. The number of carbonyl (C=O) groups excluding carboxylic acids is 2. The van der Waals surface area contributed by atoms with E-state index >= 15 is 0 Å². The predicted molar refractivity (Wildman–Crippen MR) is 129 cm³/mol. The fourth-order valence-electron chi connectivity index (χ4n) is 5.14. The number of carbonyl (C=O) groups is 2. The van der Waals surface area contributed by atoms with Crippen molar-refractivity contribution in [2.75, 3.05) is 39.8 Å². The summed E-state index contributed by atoms with van der Waals surface area (Å²) in [6, 6.07) is 10.9. The molecule has 0 aliphatic carbocycles. The number of aromatic nitrogens is 2. The molecule has 0 saturated carbocycles. The summed E-state index contributed by atoms with van der Waals surface area (Å²) in [6.45, 7) is 6.76. The Bertz CT molecular complexity index is 933. The van der Waals surface area contributed by atoms with E-state index in [2.05, 4.69) is 57.5 Å². The van der Waals surface area contributed by atoms with Crippen LogP contribution in [0.3, 0.4) is 0 Å². The third-order valence-electron chi connectivity index (χ3n) is 7.49. The number of nitrogens with one attached hydrogen (secondary N) is 1. The fourth-order valence-corrected chi connectivity index (χ4v) is 5.14. The highest BCUT2D eigenvalue weighted by Gasteiger charge is 2.40. The van der Waals surface area contributed by atoms with E-state index in [1.165, 1.54) is 5.56 Å². The maximum atomic E-state index is 13.5. The summed E-state index contributed by atoms with van der Waals surface area (Å²) in [7, 11) is 1.63. The molecular formula is C26H37N5O2. The molecule has 2 aliphatic rings. The van der Waals surface area contributed by atoms with Gasteiger partial charge in [-0.05, 0) is 57.2 Å². The van der Waals surface area contributed by atoms with Gasteiger partial charge in [0, 0.05) is 38.3 Å². The molecule has 2 saturated heterocycles. The van der Waals surface area contributed by atoms with Crippen LogP contribution in [0.25, 0.3) is 0 Å². The normalized spacial score (nSPS) is 21.4. The monoisotopic (exact) mass is 451 g/mol. The summed E-state index contributed by atoms with van der Waals surface area (Å²) in [5, 5.41) is 7.06. The van der Waals surface area contributed by atoms with Gasteiger partial charge in [0.25, 0.3) is 5.91 Å². The van der Waals surface area contributed by atoms with Crippen molar-refractivity contribution in [2.24, 2.45) is 5.41 Å². The molecule has 2 fully saturated rings. The second-order valence-corrected chi connectivity index (χ2v) is 9.80. The number of amides is 2. The zero-order chi connectivity index (χ0) is 23.3. The maximum absolute atomic E-state index is 13.5. The molecule has 178 valence electrons. The molecule has 2 aliphatic heterocycles. The Kier molecular flexibility index (Phi) is 7.48. The summed E-state index contributed by atoms with van der Waals surface area (Å²) in [5.41, 5.74) is 1.70. The zero-order valence-electron chi connectivity index (χ0n) is 20.0. The van der Waals surface area contributed by atoms with Gasteiger partial charge < -0.3 is 15.1 Å². The summed E-state index contributed by atoms with van der Waals surface area (Å²) >= 11 is 0. The average Bonchev–Trinajstić information content (AvgIpc) is 3.21. The molecule has 3 heterocycles. The van der Waals surface area contributed by atoms with Crippen LogP contribution in [0.4, 0.5) is 0 Å². The zero-order valence-corrected chi connectivity index (χ0v) is 20.0. The fraction of sp³-hybridized carbons (Fsp3) is 0.577. The highest BCUT2D eigenvalue weighted by atomic mass is 16.2. The summed E-state index contributed by atoms with van der Waals surface area (Å²) in [6.07, 6.45) is 9.18. The van der Waals surface area contributed by atoms with Gasteiger partial charge in [-0.1, -0.05) is 37.3 Å². The van der Waals surface area contributed by atoms with E-state index in [-0.39, 0.29) is 17.4 Å². The molecular weight excluding hydrogens is 414 g/mol. The number of benzene rings is 1. The van der Waals surface area contributed by atoms with Crippen LogP contribution in [0, 0.1) is 5.41 Å². The molecule has 1 aromatic carbocycles. The molecule has 1 atom stereocenters. The SMILES string of the molecule is CNC(=O)c1cnn(C2CCCN(C(=O)C3(C)CCN(CCc4ccccc4)CC3)CC2)c1. The summed E-state index contributed by atoms with van der Waals surface area (Å²) < 4.78 is 1.91. The van der Waals surface area contributed by atoms with E-state index in [1.807, 2.05) is 10.9 Å². The lowest BCUT2D eigenvalue weighted by molar-refractivity contribution is -0.144. The minimum absolute atomic E-state index is 0.116. The predicted octanol–water partition coefficient (Wildman–Crippen LogP) is 3.14. The first-order valence-electron chi connectivity index (χ1n) is 12.3. The molecule has 33 heavy (non-hydrogen) atoms. The number of hydrogen-bond acceptors (Lipinski definition) is 4. The minimum Gasteiger partial charge on any atom is -0.355 e. The smallest absolute Gasteiger partial charge is 0.254 e. The largest absolute Gasteiger partial charge is 0.355 e. The van der Waals surface area contributed by atoms with E-state index in [1.54, 1.807) is 13.2 Å². The first kappa shape index (κ1) is 23.5. The van der Waals surface area contributed by atoms with Crippen molar-refractivity contribution in [3.05, 3.63) is 53.9 Å². The van der Waals surface area contributed by atoms with Crippen molar-refractivity contribution in [3.63, 3.8) is 0 Å². The van der Waals surface area contributed by atoms with E-state index in [0.29, 0.717) is 11.5 Å². The molecule has 1 aromatic heterocycles. The van der Waals surface area contributed by atoms with Gasteiger partial charge in [-0.15, -0.1) is 0 Å². The Balaban J connectivity index is 1.28. The first-order chi connectivity index (χ1) is 16.0. The molecule has 2 amide bonds. The van der Waals surface area contributed by atoms with Crippen LogP contribution < -0.4 is 5.32 Å². The lowest BCUT2D eigenvalue weighted by Gasteiger charge is -2.41. The van der Waals surface area contributed by atoms with E-state index in [9.17, 15) is 9.59 Å². The third-order valence-corrected chi connectivity index (χ3v) is 7.49. The Labute approximate surface area is 197 Å². The van der Waals surface area contributed by atoms with Crippen molar-refractivity contribution in [1.29, 1.82) is 0 Å². The second-order valence-electron chi connectivity index (χ2n) is 9.80. The molecule has 0 bridgehead atoms. The van der Waals surface area contributed by atoms with Crippen LogP contribution in [0.1, 0.15) is 61.0 Å². The summed E-state index contributed by atoms with van der Waals surface area (Å²) in [4.78, 5) is 30.0. The van der Waals surface area contributed by atoms with Crippen LogP contribution in [0.5, 0.6) is 0 Å². The van der Waals surface area contributed by atoms with Gasteiger partial charge in [0.2, 0.25) is 5.91 Å². The number of rotatable bonds is 6. The highest BCUT2D eigenvalue weighted by Crippen LogP contribution is 2.34. The quantitative estimate of drug-likeness (QED) is 0.733. The lowest BCUT2D eigenvalue weighted by atomic mass is 9.79. The molecule has 0 spiro atoms. The molecule has 1 N–H and O–H groups in total. The second kappa shape index (κ2) is 10.5. The number of nitrogens with zero attached hydrogens (tertiary/aromatic N) is 4. The van der Waals surface area contributed by atoms with Crippen molar-refractivity contribution >= 4 is 11.8 Å². The van der Waals surface area contributed by atoms with Gasteiger partial charge in [-0.25, -0.2) is 0 Å². The molecule has 7 heteroatoms. The van der Waals surface area contributed by atoms with Crippen molar-refractivity contribution in [2.45, 2.75) is 51.5 Å². The van der Waals surface area contributed by atoms with E-state index in [4.69, 9.17) is 0 Å². The van der Waals surface area contributed by atoms with E-state index in [0.717, 1.165) is 71.2 Å². The van der Waals surface area contributed by atoms with Gasteiger partial charge >= 0.3 is 0 Å². The van der Waals surface area contributed by atoms with Crippen LogP contribution in [0.2, 0.25) is 0 Å². The van der Waals surface area contributed by atoms with Crippen molar-refractivity contribution in [1.82, 2.24) is 24.9 Å². The van der Waals surface area contributed by atoms with Gasteiger partial charge in [0.05, 0.1) is 17.8 Å². The van der Waals surface area contributed by atoms with E-state index < -0.39 is 0 Å². The summed E-state index contributed by atoms with van der Waals surface area (Å²) in [5.74, 6) is 0.201. The Morgan fingerprint density at radius 3 is 2.58 bits per heavy atom. The molecule has 0 radical (unpaired) electrons. The molecule has 2 aromatic rings. The number of likely N-dealkylation sites (tertiary alicyclic amines) is 2. The number of piperidine rings is 1. The lowest BCUT2D eigenvalue weighted by Crippen LogP contribution is -2.49. The third kappa shape index (κ3) is 5.64. The number of hydrogen-bond donors (Lipinski definition) is 1. The van der Waals surface area contributed by atoms with Crippen LogP contribution in [0.15, 0.2) is 42.7 Å². The Hall–Kier alpha value is -2.67. The van der Waals surface area contributed by atoms with Crippen molar-refractivity contribution < 1.29 is 9.59 Å². The van der Waals surface area contributed by atoms with Gasteiger partial charge in [-0.2, -0.15) is 5.10 Å². The maximum Gasteiger partial charge on any atom is 0.254 e. The van der Waals surface area contributed by atoms with Crippen molar-refractivity contribution in [3.8, 4) is 0 Å². The van der Waals surface area contributed by atoms with Gasteiger partial charge in [0.15, 0.2) is 0 Å². The first-order valence-corrected chi connectivity index (χ1v) is 12.3. The average molecular weight is 452 g/mol. The Morgan fingerprint density at radius 2 is 1.85 bits per heavy atom. The molecule has 1 unspecified atom stereocenters. The van der Waals surface area contributed by atoms with Gasteiger partial charge in [-0.3, -0.25) is 14.3 Å². The standard InChI is InChI=1S/C26H37N5O2/c1-26(12-17-29(18-13-26)15-10-21-7-4-3-5-8-21)25(33)30-14-6-9-23(11-16-30)31-20-22(19-28-31)24(32)27-2/h3-5,7-8,19-20,23H,6,9-18H2,1-2H3,(H,27,32). The molecule has 7 nitrogen and oxygen atoms in total. The van der Waals surface area contributed by atoms with Crippen LogP contribution >= 0.6 is 0 Å². The highest BCUT2D eigenvalue weighted by molar-refractivity contribution is 5.93.